The van der Waals surface area contributed by atoms with Crippen molar-refractivity contribution in [1.82, 2.24) is 19.8 Å². The van der Waals surface area contributed by atoms with E-state index in [1.54, 1.807) is 23.8 Å². The van der Waals surface area contributed by atoms with E-state index < -0.39 is 0 Å². The number of ether oxygens (including phenoxy) is 1. The fraction of sp³-hybridized carbons (Fsp3) is 0.100. The summed E-state index contributed by atoms with van der Waals surface area (Å²) in [7, 11) is 1.63. The molecule has 0 bridgehead atoms. The van der Waals surface area contributed by atoms with Crippen LogP contribution in [0.4, 0.5) is 0 Å². The first-order valence-corrected chi connectivity index (χ1v) is 6.04. The molecule has 17 heavy (non-hydrogen) atoms. The van der Waals surface area contributed by atoms with Gasteiger partial charge in [-0.1, -0.05) is 11.6 Å². The molecule has 0 atom stereocenters. The fourth-order valence-corrected chi connectivity index (χ4v) is 2.43. The largest absolute Gasteiger partial charge is 0.496 e. The Morgan fingerprint density at radius 2 is 2.24 bits per heavy atom. The summed E-state index contributed by atoms with van der Waals surface area (Å²) in [6, 6.07) is 5.35. The van der Waals surface area contributed by atoms with Crippen molar-refractivity contribution >= 4 is 28.6 Å². The molecular weight excluding hydrogens is 260 g/mol. The van der Waals surface area contributed by atoms with E-state index in [2.05, 4.69) is 15.3 Å². The molecule has 0 unspecified atom stereocenters. The highest BCUT2D eigenvalue weighted by Crippen LogP contribution is 2.29. The molecule has 86 valence electrons. The predicted molar refractivity (Wildman–Crippen MR) is 65.7 cm³/mol. The van der Waals surface area contributed by atoms with E-state index in [9.17, 15) is 0 Å². The molecule has 0 amide bonds. The van der Waals surface area contributed by atoms with Crippen molar-refractivity contribution in [3.63, 3.8) is 0 Å². The summed E-state index contributed by atoms with van der Waals surface area (Å²) in [5, 5.41) is 14.6. The molecule has 0 aliphatic rings. The number of fused-ring (bicyclic) bond motifs is 1. The number of methoxy groups -OCH3 is 1. The Kier molecular flexibility index (Phi) is 2.45. The lowest BCUT2D eigenvalue weighted by Gasteiger charge is -1.95. The normalized spacial score (nSPS) is 10.9. The van der Waals surface area contributed by atoms with Crippen LogP contribution in [0.25, 0.3) is 16.3 Å². The average molecular weight is 267 g/mol. The molecule has 0 radical (unpaired) electrons. The minimum absolute atomic E-state index is 0.405. The Hall–Kier alpha value is -1.66. The van der Waals surface area contributed by atoms with Crippen molar-refractivity contribution < 1.29 is 4.74 Å². The zero-order chi connectivity index (χ0) is 11.8. The zero-order valence-corrected chi connectivity index (χ0v) is 10.4. The van der Waals surface area contributed by atoms with E-state index in [1.165, 1.54) is 11.3 Å². The number of aromatic nitrogens is 4. The minimum Gasteiger partial charge on any atom is -0.496 e. The van der Waals surface area contributed by atoms with Gasteiger partial charge >= 0.3 is 0 Å². The summed E-state index contributed by atoms with van der Waals surface area (Å²) in [6.07, 6.45) is 0. The van der Waals surface area contributed by atoms with Crippen molar-refractivity contribution in [2.45, 2.75) is 0 Å². The zero-order valence-electron chi connectivity index (χ0n) is 8.79. The average Bonchev–Trinajstić information content (AvgIpc) is 2.93. The number of nitrogens with zero attached hydrogens (tertiary/aromatic N) is 4. The van der Waals surface area contributed by atoms with Crippen molar-refractivity contribution in [2.75, 3.05) is 7.11 Å². The van der Waals surface area contributed by atoms with Crippen LogP contribution in [0.1, 0.15) is 0 Å². The first kappa shape index (κ1) is 10.5. The Labute approximate surface area is 106 Å². The number of hydrogen-bond acceptors (Lipinski definition) is 5. The molecule has 3 heterocycles. The van der Waals surface area contributed by atoms with Crippen molar-refractivity contribution in [1.29, 1.82) is 0 Å². The summed E-state index contributed by atoms with van der Waals surface area (Å²) in [6.45, 7) is 0. The standard InChI is InChI=1S/C10H7ClN4OS/c1-16-6-4-7(17-5-6)10-13-12-9-3-2-8(11)14-15(9)10/h2-5H,1H3. The molecule has 5 nitrogen and oxygen atoms in total. The monoisotopic (exact) mass is 266 g/mol. The number of thiophene rings is 1. The maximum atomic E-state index is 5.86. The van der Waals surface area contributed by atoms with Gasteiger partial charge in [0.2, 0.25) is 0 Å². The number of rotatable bonds is 2. The van der Waals surface area contributed by atoms with E-state index in [-0.39, 0.29) is 0 Å². The maximum absolute atomic E-state index is 5.86. The van der Waals surface area contributed by atoms with Crippen LogP contribution in [0.15, 0.2) is 23.6 Å². The van der Waals surface area contributed by atoms with Gasteiger partial charge in [0.05, 0.1) is 12.0 Å². The van der Waals surface area contributed by atoms with Crippen LogP contribution < -0.4 is 4.74 Å². The van der Waals surface area contributed by atoms with Gasteiger partial charge in [-0.2, -0.15) is 9.61 Å². The van der Waals surface area contributed by atoms with Gasteiger partial charge in [0.15, 0.2) is 11.5 Å². The van der Waals surface area contributed by atoms with E-state index in [0.717, 1.165) is 10.6 Å². The third-order valence-corrected chi connectivity index (χ3v) is 3.37. The van der Waals surface area contributed by atoms with Crippen LogP contribution in [0.2, 0.25) is 5.15 Å². The SMILES string of the molecule is COc1csc(-c2nnc3ccc(Cl)nn23)c1. The highest BCUT2D eigenvalue weighted by Gasteiger charge is 2.12. The lowest BCUT2D eigenvalue weighted by Crippen LogP contribution is -1.93. The molecule has 0 saturated carbocycles. The molecule has 0 aliphatic heterocycles. The van der Waals surface area contributed by atoms with Crippen molar-refractivity contribution in [3.05, 3.63) is 28.7 Å². The molecule has 3 rings (SSSR count). The van der Waals surface area contributed by atoms with Crippen LogP contribution in [-0.2, 0) is 0 Å². The molecule has 0 fully saturated rings. The molecule has 0 N–H and O–H groups in total. The molecule has 0 aliphatic carbocycles. The Morgan fingerprint density at radius 1 is 1.35 bits per heavy atom. The van der Waals surface area contributed by atoms with Gasteiger partial charge in [-0.3, -0.25) is 0 Å². The van der Waals surface area contributed by atoms with E-state index in [0.29, 0.717) is 16.6 Å². The van der Waals surface area contributed by atoms with Gasteiger partial charge in [0.1, 0.15) is 10.9 Å². The molecular formula is C10H7ClN4OS. The topological polar surface area (TPSA) is 52.3 Å². The molecule has 7 heteroatoms. The van der Waals surface area contributed by atoms with E-state index in [4.69, 9.17) is 16.3 Å². The van der Waals surface area contributed by atoms with Gasteiger partial charge < -0.3 is 4.74 Å². The number of hydrogen-bond donors (Lipinski definition) is 0. The summed E-state index contributed by atoms with van der Waals surface area (Å²) in [4.78, 5) is 0.934. The third kappa shape index (κ3) is 1.75. The molecule has 0 spiro atoms. The second-order valence-corrected chi connectivity index (χ2v) is 4.60. The van der Waals surface area contributed by atoms with Crippen LogP contribution in [0, 0.1) is 0 Å². The highest BCUT2D eigenvalue weighted by atomic mass is 35.5. The second-order valence-electron chi connectivity index (χ2n) is 3.30. The van der Waals surface area contributed by atoms with E-state index in [1.807, 2.05) is 11.4 Å². The maximum Gasteiger partial charge on any atom is 0.195 e. The van der Waals surface area contributed by atoms with Crippen LogP contribution >= 0.6 is 22.9 Å². The van der Waals surface area contributed by atoms with Crippen LogP contribution in [0.5, 0.6) is 5.75 Å². The third-order valence-electron chi connectivity index (χ3n) is 2.26. The summed E-state index contributed by atoms with van der Waals surface area (Å²) >= 11 is 7.38. The molecule has 0 saturated heterocycles. The van der Waals surface area contributed by atoms with Gasteiger partial charge in [-0.15, -0.1) is 21.5 Å². The van der Waals surface area contributed by atoms with Gasteiger partial charge in [-0.05, 0) is 12.1 Å². The van der Waals surface area contributed by atoms with Gasteiger partial charge in [-0.25, -0.2) is 0 Å². The lowest BCUT2D eigenvalue weighted by molar-refractivity contribution is 0.417. The Bertz CT molecular complexity index is 678. The van der Waals surface area contributed by atoms with Gasteiger partial charge in [0, 0.05) is 11.4 Å². The molecule has 3 aromatic heterocycles. The summed E-state index contributed by atoms with van der Waals surface area (Å²) in [5.41, 5.74) is 0.664. The molecule has 3 aromatic rings. The molecule has 0 aromatic carbocycles. The highest BCUT2D eigenvalue weighted by molar-refractivity contribution is 7.13. The fourth-order valence-electron chi connectivity index (χ4n) is 1.46. The lowest BCUT2D eigenvalue weighted by atomic mass is 10.4. The Balaban J connectivity index is 2.19. The first-order chi connectivity index (χ1) is 8.28. The smallest absolute Gasteiger partial charge is 0.195 e. The van der Waals surface area contributed by atoms with Crippen LogP contribution in [0.3, 0.4) is 0 Å². The van der Waals surface area contributed by atoms with Crippen molar-refractivity contribution in [3.8, 4) is 16.5 Å². The van der Waals surface area contributed by atoms with Crippen LogP contribution in [-0.4, -0.2) is 26.9 Å². The summed E-state index contributed by atoms with van der Waals surface area (Å²) in [5.74, 6) is 1.46. The Morgan fingerprint density at radius 3 is 3.00 bits per heavy atom. The van der Waals surface area contributed by atoms with Crippen molar-refractivity contribution in [2.24, 2.45) is 0 Å². The second kappa shape index (κ2) is 3.97. The predicted octanol–water partition coefficient (Wildman–Crippen LogP) is 2.51. The quantitative estimate of drug-likeness (QED) is 0.715. The van der Waals surface area contributed by atoms with E-state index >= 15 is 0 Å². The minimum atomic E-state index is 0.405. The summed E-state index contributed by atoms with van der Waals surface area (Å²) < 4.78 is 6.75. The first-order valence-electron chi connectivity index (χ1n) is 4.79. The number of halogens is 1. The van der Waals surface area contributed by atoms with Gasteiger partial charge in [0.25, 0.3) is 0 Å².